The van der Waals surface area contributed by atoms with Gasteiger partial charge in [-0.05, 0) is 35.9 Å². The summed E-state index contributed by atoms with van der Waals surface area (Å²) in [6.07, 6.45) is 1.51. The van der Waals surface area contributed by atoms with E-state index in [0.717, 1.165) is 0 Å². The van der Waals surface area contributed by atoms with Crippen molar-refractivity contribution in [2.45, 2.75) is 0 Å². The number of carboxylic acids is 1. The first-order valence-corrected chi connectivity index (χ1v) is 6.88. The number of aliphatic carboxylic acids is 1. The second-order valence-electron chi connectivity index (χ2n) is 4.26. The number of hydrogen-bond donors (Lipinski definition) is 2. The van der Waals surface area contributed by atoms with Crippen molar-refractivity contribution in [3.8, 4) is 11.5 Å². The van der Waals surface area contributed by atoms with E-state index in [0.29, 0.717) is 16.3 Å². The van der Waals surface area contributed by atoms with E-state index in [1.807, 2.05) is 0 Å². The lowest BCUT2D eigenvalue weighted by Crippen LogP contribution is -2.09. The molecule has 22 heavy (non-hydrogen) atoms. The third-order valence-corrected chi connectivity index (χ3v) is 3.13. The lowest BCUT2D eigenvalue weighted by molar-refractivity contribution is -0.139. The zero-order chi connectivity index (χ0) is 16.1. The summed E-state index contributed by atoms with van der Waals surface area (Å²) in [7, 11) is 0. The molecule has 0 fully saturated rings. The minimum atomic E-state index is -1.08. The van der Waals surface area contributed by atoms with Crippen molar-refractivity contribution in [2.24, 2.45) is 4.99 Å². The SMILES string of the molecule is O=C(O)COc1ccc(C=Nc2ccc(Cl)cc2O)cc1Cl. The van der Waals surface area contributed by atoms with E-state index in [1.165, 1.54) is 12.3 Å². The highest BCUT2D eigenvalue weighted by molar-refractivity contribution is 6.32. The third kappa shape index (κ3) is 4.38. The van der Waals surface area contributed by atoms with Gasteiger partial charge in [0, 0.05) is 17.3 Å². The minimum absolute atomic E-state index is 0.0312. The fourth-order valence-electron chi connectivity index (χ4n) is 1.60. The van der Waals surface area contributed by atoms with Gasteiger partial charge in [-0.3, -0.25) is 4.99 Å². The zero-order valence-electron chi connectivity index (χ0n) is 11.2. The van der Waals surface area contributed by atoms with Gasteiger partial charge >= 0.3 is 5.97 Å². The molecule has 0 atom stereocenters. The second kappa shape index (κ2) is 7.15. The molecule has 0 heterocycles. The maximum absolute atomic E-state index is 10.4. The molecule has 5 nitrogen and oxygen atoms in total. The number of halogens is 2. The van der Waals surface area contributed by atoms with Crippen LogP contribution in [0.1, 0.15) is 5.56 Å². The van der Waals surface area contributed by atoms with E-state index < -0.39 is 12.6 Å². The quantitative estimate of drug-likeness (QED) is 0.809. The molecule has 0 saturated carbocycles. The minimum Gasteiger partial charge on any atom is -0.506 e. The van der Waals surface area contributed by atoms with E-state index in [-0.39, 0.29) is 16.5 Å². The molecule has 0 aliphatic carbocycles. The van der Waals surface area contributed by atoms with Crippen LogP contribution in [0.5, 0.6) is 11.5 Å². The lowest BCUT2D eigenvalue weighted by Gasteiger charge is -2.06. The Bertz CT molecular complexity index is 731. The third-order valence-electron chi connectivity index (χ3n) is 2.60. The number of nitrogens with zero attached hydrogens (tertiary/aromatic N) is 1. The number of ether oxygens (including phenoxy) is 1. The van der Waals surface area contributed by atoms with Crippen LogP contribution in [0.25, 0.3) is 0 Å². The van der Waals surface area contributed by atoms with Gasteiger partial charge in [0.25, 0.3) is 0 Å². The van der Waals surface area contributed by atoms with Crippen molar-refractivity contribution in [3.63, 3.8) is 0 Å². The van der Waals surface area contributed by atoms with Crippen LogP contribution < -0.4 is 4.74 Å². The molecule has 0 saturated heterocycles. The van der Waals surface area contributed by atoms with Gasteiger partial charge < -0.3 is 14.9 Å². The summed E-state index contributed by atoms with van der Waals surface area (Å²) >= 11 is 11.7. The molecule has 2 rings (SSSR count). The van der Waals surface area contributed by atoms with Crippen LogP contribution in [-0.4, -0.2) is 29.0 Å². The van der Waals surface area contributed by atoms with Gasteiger partial charge in [-0.1, -0.05) is 23.2 Å². The van der Waals surface area contributed by atoms with E-state index >= 15 is 0 Å². The summed E-state index contributed by atoms with van der Waals surface area (Å²) in [6.45, 7) is -0.466. The first-order chi connectivity index (χ1) is 10.5. The summed E-state index contributed by atoms with van der Waals surface area (Å²) < 4.78 is 5.02. The number of phenolic OH excluding ortho intramolecular Hbond substituents is 1. The van der Waals surface area contributed by atoms with E-state index in [4.69, 9.17) is 33.0 Å². The predicted molar refractivity (Wildman–Crippen MR) is 85.0 cm³/mol. The fraction of sp³-hybridized carbons (Fsp3) is 0.0667. The normalized spacial score (nSPS) is 10.8. The fourth-order valence-corrected chi connectivity index (χ4v) is 2.01. The Morgan fingerprint density at radius 1 is 1.23 bits per heavy atom. The highest BCUT2D eigenvalue weighted by Crippen LogP contribution is 2.29. The Labute approximate surface area is 136 Å². The van der Waals surface area contributed by atoms with E-state index in [2.05, 4.69) is 4.99 Å². The van der Waals surface area contributed by atoms with Crippen molar-refractivity contribution >= 4 is 41.1 Å². The highest BCUT2D eigenvalue weighted by Gasteiger charge is 2.05. The summed E-state index contributed by atoms with van der Waals surface area (Å²) in [5, 5.41) is 18.9. The number of carbonyl (C=O) groups is 1. The molecule has 2 aromatic rings. The van der Waals surface area contributed by atoms with Gasteiger partial charge in [0.15, 0.2) is 6.61 Å². The van der Waals surface area contributed by atoms with Crippen LogP contribution >= 0.6 is 23.2 Å². The first-order valence-electron chi connectivity index (χ1n) is 6.12. The number of benzene rings is 2. The molecule has 2 aromatic carbocycles. The molecule has 0 amide bonds. The topological polar surface area (TPSA) is 79.1 Å². The number of aliphatic imine (C=N–C) groups is 1. The molecule has 0 radical (unpaired) electrons. The average Bonchev–Trinajstić information content (AvgIpc) is 2.45. The summed E-state index contributed by atoms with van der Waals surface area (Å²) in [4.78, 5) is 14.6. The Kier molecular flexibility index (Phi) is 5.25. The van der Waals surface area contributed by atoms with Gasteiger partial charge in [0.05, 0.1) is 5.02 Å². The summed E-state index contributed by atoms with van der Waals surface area (Å²) in [5.74, 6) is -0.841. The van der Waals surface area contributed by atoms with Gasteiger partial charge in [-0.25, -0.2) is 4.79 Å². The van der Waals surface area contributed by atoms with E-state index in [9.17, 15) is 9.90 Å². The van der Waals surface area contributed by atoms with Crippen LogP contribution in [0.2, 0.25) is 10.0 Å². The molecule has 2 N–H and O–H groups in total. The Hall–Kier alpha value is -2.24. The van der Waals surface area contributed by atoms with Gasteiger partial charge in [0.1, 0.15) is 17.2 Å². The maximum atomic E-state index is 10.4. The maximum Gasteiger partial charge on any atom is 0.341 e. The molecule has 0 aliphatic rings. The number of carboxylic acid groups (broad SMARTS) is 1. The number of rotatable bonds is 5. The second-order valence-corrected chi connectivity index (χ2v) is 5.11. The van der Waals surface area contributed by atoms with Crippen molar-refractivity contribution in [1.29, 1.82) is 0 Å². The molecule has 0 aromatic heterocycles. The molecule has 0 bridgehead atoms. The molecule has 0 spiro atoms. The number of phenols is 1. The van der Waals surface area contributed by atoms with Crippen LogP contribution in [0, 0.1) is 0 Å². The van der Waals surface area contributed by atoms with Crippen molar-refractivity contribution in [1.82, 2.24) is 0 Å². The summed E-state index contributed by atoms with van der Waals surface area (Å²) in [6, 6.07) is 9.39. The monoisotopic (exact) mass is 339 g/mol. The Morgan fingerprint density at radius 3 is 2.64 bits per heavy atom. The van der Waals surface area contributed by atoms with Crippen molar-refractivity contribution < 1.29 is 19.7 Å². The highest BCUT2D eigenvalue weighted by atomic mass is 35.5. The van der Waals surface area contributed by atoms with Crippen LogP contribution in [0.4, 0.5) is 5.69 Å². The number of hydrogen-bond acceptors (Lipinski definition) is 4. The van der Waals surface area contributed by atoms with Gasteiger partial charge in [0.2, 0.25) is 0 Å². The largest absolute Gasteiger partial charge is 0.506 e. The number of aromatic hydroxyl groups is 1. The molecule has 0 aliphatic heterocycles. The predicted octanol–water partition coefficient (Wildman–Crippen LogP) is 3.91. The smallest absolute Gasteiger partial charge is 0.341 e. The van der Waals surface area contributed by atoms with E-state index in [1.54, 1.807) is 30.3 Å². The first kappa shape index (κ1) is 16.1. The van der Waals surface area contributed by atoms with Gasteiger partial charge in [-0.2, -0.15) is 0 Å². The summed E-state index contributed by atoms with van der Waals surface area (Å²) in [5.41, 5.74) is 1.04. The molecular weight excluding hydrogens is 329 g/mol. The standard InChI is InChI=1S/C15H11Cl2NO4/c16-10-2-3-12(13(19)6-10)18-7-9-1-4-14(11(17)5-9)22-8-15(20)21/h1-7,19H,8H2,(H,20,21). The van der Waals surface area contributed by atoms with Crippen LogP contribution in [-0.2, 0) is 4.79 Å². The Morgan fingerprint density at radius 2 is 2.00 bits per heavy atom. The molecule has 0 unspecified atom stereocenters. The molecule has 7 heteroatoms. The average molecular weight is 340 g/mol. The lowest BCUT2D eigenvalue weighted by atomic mass is 10.2. The molecular formula is C15H11Cl2NO4. The van der Waals surface area contributed by atoms with Crippen molar-refractivity contribution in [3.05, 3.63) is 52.0 Å². The van der Waals surface area contributed by atoms with Crippen LogP contribution in [0.3, 0.4) is 0 Å². The Balaban J connectivity index is 2.14. The van der Waals surface area contributed by atoms with Crippen molar-refractivity contribution in [2.75, 3.05) is 6.61 Å². The molecule has 114 valence electrons. The van der Waals surface area contributed by atoms with Gasteiger partial charge in [-0.15, -0.1) is 0 Å². The zero-order valence-corrected chi connectivity index (χ0v) is 12.7. The van der Waals surface area contributed by atoms with Crippen LogP contribution in [0.15, 0.2) is 41.4 Å².